The Balaban J connectivity index is 1.79. The van der Waals surface area contributed by atoms with Crippen LogP contribution in [0.5, 0.6) is 0 Å². The number of carbonyl (C=O) groups excluding carboxylic acids is 1. The van der Waals surface area contributed by atoms with Crippen molar-refractivity contribution >= 4 is 23.2 Å². The van der Waals surface area contributed by atoms with Crippen LogP contribution in [0.4, 0.5) is 0 Å². The highest BCUT2D eigenvalue weighted by Gasteiger charge is 2.16. The molecule has 2 N–H and O–H groups in total. The lowest BCUT2D eigenvalue weighted by atomic mass is 9.96. The topological polar surface area (TPSA) is 41.1 Å². The quantitative estimate of drug-likeness (QED) is 0.719. The molecule has 0 heterocycles. The molecule has 138 valence electrons. The van der Waals surface area contributed by atoms with Gasteiger partial charge < -0.3 is 10.6 Å². The standard InChI is InChI=1S/C22H28N2OS/c1-16(2)15-19-9-11-20(12-10-19)17(3)21(25)24-22(26)23-14-13-18-7-5-4-6-8-18/h4-12,16-17H,13-15H2,1-3H3,(H2,23,24,25,26). The largest absolute Gasteiger partial charge is 0.362 e. The maximum atomic E-state index is 12.4. The van der Waals surface area contributed by atoms with Crippen LogP contribution in [0.2, 0.25) is 0 Å². The van der Waals surface area contributed by atoms with Crippen molar-refractivity contribution in [3.63, 3.8) is 0 Å². The number of benzene rings is 2. The van der Waals surface area contributed by atoms with E-state index in [1.807, 2.05) is 37.3 Å². The number of thiocarbonyl (C=S) groups is 1. The fourth-order valence-corrected chi connectivity index (χ4v) is 3.00. The summed E-state index contributed by atoms with van der Waals surface area (Å²) in [5.74, 6) is 0.303. The van der Waals surface area contributed by atoms with Crippen molar-refractivity contribution in [1.29, 1.82) is 0 Å². The number of nitrogens with one attached hydrogen (secondary N) is 2. The molecule has 0 aliphatic rings. The lowest BCUT2D eigenvalue weighted by Gasteiger charge is -2.15. The Hall–Kier alpha value is -2.20. The summed E-state index contributed by atoms with van der Waals surface area (Å²) in [6, 6.07) is 18.5. The molecule has 0 saturated heterocycles. The molecule has 0 saturated carbocycles. The number of amides is 1. The van der Waals surface area contributed by atoms with E-state index in [4.69, 9.17) is 12.2 Å². The Morgan fingerprint density at radius 2 is 1.62 bits per heavy atom. The van der Waals surface area contributed by atoms with Gasteiger partial charge in [-0.1, -0.05) is 68.4 Å². The molecule has 0 aromatic heterocycles. The van der Waals surface area contributed by atoms with Gasteiger partial charge in [-0.3, -0.25) is 4.79 Å². The molecule has 0 fully saturated rings. The first-order valence-corrected chi connectivity index (χ1v) is 9.58. The number of carbonyl (C=O) groups is 1. The fourth-order valence-electron chi connectivity index (χ4n) is 2.79. The lowest BCUT2D eigenvalue weighted by Crippen LogP contribution is -2.41. The van der Waals surface area contributed by atoms with Crippen molar-refractivity contribution in [1.82, 2.24) is 10.6 Å². The van der Waals surface area contributed by atoms with Crippen molar-refractivity contribution in [3.8, 4) is 0 Å². The third-order valence-corrected chi connectivity index (χ3v) is 4.54. The zero-order chi connectivity index (χ0) is 18.9. The van der Waals surface area contributed by atoms with Crippen LogP contribution < -0.4 is 10.6 Å². The lowest BCUT2D eigenvalue weighted by molar-refractivity contribution is -0.120. The van der Waals surface area contributed by atoms with Crippen LogP contribution >= 0.6 is 12.2 Å². The van der Waals surface area contributed by atoms with E-state index in [0.29, 0.717) is 17.6 Å². The van der Waals surface area contributed by atoms with E-state index in [2.05, 4.69) is 48.7 Å². The highest BCUT2D eigenvalue weighted by atomic mass is 32.1. The van der Waals surface area contributed by atoms with E-state index >= 15 is 0 Å². The minimum absolute atomic E-state index is 0.0844. The summed E-state index contributed by atoms with van der Waals surface area (Å²) in [6.07, 6.45) is 1.92. The minimum atomic E-state index is -0.239. The van der Waals surface area contributed by atoms with Crippen LogP contribution in [0.3, 0.4) is 0 Å². The molecule has 4 heteroatoms. The first-order valence-electron chi connectivity index (χ1n) is 9.17. The molecule has 2 aromatic rings. The number of hydrogen-bond donors (Lipinski definition) is 2. The molecule has 1 atom stereocenters. The van der Waals surface area contributed by atoms with E-state index in [9.17, 15) is 4.79 Å². The van der Waals surface area contributed by atoms with Crippen molar-refractivity contribution in [2.75, 3.05) is 6.54 Å². The van der Waals surface area contributed by atoms with Crippen molar-refractivity contribution < 1.29 is 4.79 Å². The summed E-state index contributed by atoms with van der Waals surface area (Å²) in [7, 11) is 0. The Kier molecular flexibility index (Phi) is 7.79. The van der Waals surface area contributed by atoms with Gasteiger partial charge in [0.15, 0.2) is 5.11 Å². The summed E-state index contributed by atoms with van der Waals surface area (Å²) < 4.78 is 0. The fraction of sp³-hybridized carbons (Fsp3) is 0.364. The molecule has 0 spiro atoms. The second-order valence-electron chi connectivity index (χ2n) is 7.04. The molecular weight excluding hydrogens is 340 g/mol. The molecule has 1 amide bonds. The maximum absolute atomic E-state index is 12.4. The maximum Gasteiger partial charge on any atom is 0.233 e. The first-order chi connectivity index (χ1) is 12.5. The van der Waals surface area contributed by atoms with Gasteiger partial charge in [0.2, 0.25) is 5.91 Å². The van der Waals surface area contributed by atoms with Gasteiger partial charge in [-0.15, -0.1) is 0 Å². The SMILES string of the molecule is CC(C)Cc1ccc(C(C)C(=O)NC(=S)NCCc2ccccc2)cc1. The third-order valence-electron chi connectivity index (χ3n) is 4.30. The summed E-state index contributed by atoms with van der Waals surface area (Å²) in [6.45, 7) is 7.01. The molecule has 0 aliphatic carbocycles. The van der Waals surface area contributed by atoms with Crippen LogP contribution in [-0.4, -0.2) is 17.6 Å². The molecule has 0 bridgehead atoms. The van der Waals surface area contributed by atoms with E-state index in [-0.39, 0.29) is 11.8 Å². The van der Waals surface area contributed by atoms with Gasteiger partial charge in [0, 0.05) is 6.54 Å². The predicted molar refractivity (Wildman–Crippen MR) is 112 cm³/mol. The van der Waals surface area contributed by atoms with Gasteiger partial charge in [0.25, 0.3) is 0 Å². The highest BCUT2D eigenvalue weighted by Crippen LogP contribution is 2.17. The smallest absolute Gasteiger partial charge is 0.233 e. The summed E-state index contributed by atoms with van der Waals surface area (Å²) in [4.78, 5) is 12.4. The van der Waals surface area contributed by atoms with E-state index in [1.165, 1.54) is 11.1 Å². The van der Waals surface area contributed by atoms with Gasteiger partial charge in [0.05, 0.1) is 5.92 Å². The van der Waals surface area contributed by atoms with Crippen molar-refractivity contribution in [2.24, 2.45) is 5.92 Å². The summed E-state index contributed by atoms with van der Waals surface area (Å²) in [5, 5.41) is 6.27. The minimum Gasteiger partial charge on any atom is -0.362 e. The molecule has 0 radical (unpaired) electrons. The second kappa shape index (κ2) is 10.1. The van der Waals surface area contributed by atoms with Gasteiger partial charge in [-0.2, -0.15) is 0 Å². The molecule has 3 nitrogen and oxygen atoms in total. The van der Waals surface area contributed by atoms with Crippen LogP contribution in [0.15, 0.2) is 54.6 Å². The van der Waals surface area contributed by atoms with Gasteiger partial charge >= 0.3 is 0 Å². The van der Waals surface area contributed by atoms with Crippen molar-refractivity contribution in [3.05, 3.63) is 71.3 Å². The zero-order valence-electron chi connectivity index (χ0n) is 15.8. The Morgan fingerprint density at radius 3 is 2.23 bits per heavy atom. The summed E-state index contributed by atoms with van der Waals surface area (Å²) in [5.41, 5.74) is 3.54. The molecule has 1 unspecified atom stereocenters. The Morgan fingerprint density at radius 1 is 0.962 bits per heavy atom. The Bertz CT molecular complexity index is 711. The molecule has 26 heavy (non-hydrogen) atoms. The normalized spacial score (nSPS) is 11.8. The van der Waals surface area contributed by atoms with Gasteiger partial charge in [-0.25, -0.2) is 0 Å². The zero-order valence-corrected chi connectivity index (χ0v) is 16.6. The number of hydrogen-bond acceptors (Lipinski definition) is 2. The molecular formula is C22H28N2OS. The predicted octanol–water partition coefficient (Wildman–Crippen LogP) is 4.22. The summed E-state index contributed by atoms with van der Waals surface area (Å²) >= 11 is 5.24. The van der Waals surface area contributed by atoms with E-state index in [0.717, 1.165) is 18.4 Å². The van der Waals surface area contributed by atoms with Gasteiger partial charge in [-0.05, 0) is 54.6 Å². The molecule has 2 aromatic carbocycles. The van der Waals surface area contributed by atoms with Gasteiger partial charge in [0.1, 0.15) is 0 Å². The van der Waals surface area contributed by atoms with E-state index < -0.39 is 0 Å². The van der Waals surface area contributed by atoms with Crippen LogP contribution in [0, 0.1) is 5.92 Å². The molecule has 0 aliphatic heterocycles. The first kappa shape index (κ1) is 20.1. The van der Waals surface area contributed by atoms with Crippen LogP contribution in [0.25, 0.3) is 0 Å². The monoisotopic (exact) mass is 368 g/mol. The van der Waals surface area contributed by atoms with Crippen molar-refractivity contribution in [2.45, 2.75) is 39.5 Å². The average Bonchev–Trinajstić information content (AvgIpc) is 2.62. The second-order valence-corrected chi connectivity index (χ2v) is 7.45. The van der Waals surface area contributed by atoms with E-state index in [1.54, 1.807) is 0 Å². The highest BCUT2D eigenvalue weighted by molar-refractivity contribution is 7.80. The third kappa shape index (κ3) is 6.60. The Labute approximate surface area is 162 Å². The molecule has 2 rings (SSSR count). The number of rotatable bonds is 7. The van der Waals surface area contributed by atoms with Crippen LogP contribution in [-0.2, 0) is 17.6 Å². The average molecular weight is 369 g/mol. The van der Waals surface area contributed by atoms with Crippen LogP contribution in [0.1, 0.15) is 43.4 Å².